The summed E-state index contributed by atoms with van der Waals surface area (Å²) in [5, 5.41) is 3.29. The van der Waals surface area contributed by atoms with Gasteiger partial charge in [-0.2, -0.15) is 0 Å². The van der Waals surface area contributed by atoms with E-state index in [4.69, 9.17) is 0 Å². The first kappa shape index (κ1) is 12.9. The number of aromatic nitrogens is 2. The molecule has 0 saturated carbocycles. The minimum atomic E-state index is 0.833. The molecule has 1 saturated heterocycles. The van der Waals surface area contributed by atoms with Crippen LogP contribution in [0.5, 0.6) is 0 Å². The lowest BCUT2D eigenvalue weighted by Gasteiger charge is -2.26. The lowest BCUT2D eigenvalue weighted by atomic mass is 10.3. The van der Waals surface area contributed by atoms with Gasteiger partial charge in [0.2, 0.25) is 5.95 Å². The van der Waals surface area contributed by atoms with Crippen molar-refractivity contribution in [1.82, 2.24) is 15.3 Å². The lowest BCUT2D eigenvalue weighted by Crippen LogP contribution is -2.44. The number of anilines is 1. The molecular weight excluding hydrogens is 200 g/mol. The Balaban J connectivity index is 0.000000280. The molecule has 0 bridgehead atoms. The summed E-state index contributed by atoms with van der Waals surface area (Å²) >= 11 is 0. The van der Waals surface area contributed by atoms with Crippen molar-refractivity contribution in [3.05, 3.63) is 18.5 Å². The standard InChI is InChI=1S/C8H12N4.C4H10/c1-2-10-8(11-3-1)12-6-4-9-5-7-12;1-4(2)3/h1-3,9H,4-7H2;4H,1-3H3. The average molecular weight is 222 g/mol. The highest BCUT2D eigenvalue weighted by Crippen LogP contribution is 2.04. The summed E-state index contributed by atoms with van der Waals surface area (Å²) in [4.78, 5) is 10.6. The summed E-state index contributed by atoms with van der Waals surface area (Å²) in [5.74, 6) is 1.68. The third-order valence-corrected chi connectivity index (χ3v) is 1.95. The van der Waals surface area contributed by atoms with Crippen LogP contribution in [0.2, 0.25) is 0 Å². The van der Waals surface area contributed by atoms with Crippen molar-refractivity contribution in [2.45, 2.75) is 20.8 Å². The lowest BCUT2D eigenvalue weighted by molar-refractivity contribution is 0.580. The number of nitrogens with zero attached hydrogens (tertiary/aromatic N) is 3. The van der Waals surface area contributed by atoms with Gasteiger partial charge in [0, 0.05) is 38.6 Å². The van der Waals surface area contributed by atoms with Crippen molar-refractivity contribution >= 4 is 5.95 Å². The molecule has 90 valence electrons. The minimum Gasteiger partial charge on any atom is -0.338 e. The monoisotopic (exact) mass is 222 g/mol. The van der Waals surface area contributed by atoms with Crippen molar-refractivity contribution < 1.29 is 0 Å². The van der Waals surface area contributed by atoms with Gasteiger partial charge in [-0.1, -0.05) is 20.8 Å². The summed E-state index contributed by atoms with van der Waals surface area (Å²) < 4.78 is 0. The van der Waals surface area contributed by atoms with Crippen LogP contribution in [0.15, 0.2) is 18.5 Å². The van der Waals surface area contributed by atoms with Crippen LogP contribution in [0, 0.1) is 5.92 Å². The first-order valence-corrected chi connectivity index (χ1v) is 5.93. The molecule has 4 heteroatoms. The van der Waals surface area contributed by atoms with Gasteiger partial charge in [0.1, 0.15) is 0 Å². The van der Waals surface area contributed by atoms with Crippen molar-refractivity contribution in [1.29, 1.82) is 0 Å². The molecule has 2 rings (SSSR count). The summed E-state index contributed by atoms with van der Waals surface area (Å²) in [6, 6.07) is 1.84. The van der Waals surface area contributed by atoms with Crippen LogP contribution >= 0.6 is 0 Å². The maximum Gasteiger partial charge on any atom is 0.225 e. The number of hydrogen-bond acceptors (Lipinski definition) is 4. The highest BCUT2D eigenvalue weighted by molar-refractivity contribution is 5.28. The Morgan fingerprint density at radius 3 is 2.12 bits per heavy atom. The molecule has 0 radical (unpaired) electrons. The van der Waals surface area contributed by atoms with Crippen molar-refractivity contribution in [2.24, 2.45) is 5.92 Å². The molecule has 1 aromatic rings. The molecule has 0 atom stereocenters. The van der Waals surface area contributed by atoms with E-state index in [2.05, 4.69) is 41.0 Å². The first-order chi connectivity index (χ1) is 7.70. The SMILES string of the molecule is CC(C)C.c1cnc(N2CCNCC2)nc1. The molecule has 1 N–H and O–H groups in total. The summed E-state index contributed by atoms with van der Waals surface area (Å²) in [5.41, 5.74) is 0. The Bertz CT molecular complexity index is 265. The summed E-state index contributed by atoms with van der Waals surface area (Å²) in [6.07, 6.45) is 3.56. The molecule has 0 aliphatic carbocycles. The molecule has 1 aliphatic rings. The summed E-state index contributed by atoms with van der Waals surface area (Å²) in [7, 11) is 0. The van der Waals surface area contributed by atoms with Crippen molar-refractivity contribution in [3.63, 3.8) is 0 Å². The molecule has 0 amide bonds. The van der Waals surface area contributed by atoms with Gasteiger partial charge in [-0.15, -0.1) is 0 Å². The predicted molar refractivity (Wildman–Crippen MR) is 67.6 cm³/mol. The van der Waals surface area contributed by atoms with Crippen LogP contribution < -0.4 is 10.2 Å². The van der Waals surface area contributed by atoms with Gasteiger partial charge >= 0.3 is 0 Å². The second kappa shape index (κ2) is 7.17. The molecule has 1 aromatic heterocycles. The largest absolute Gasteiger partial charge is 0.338 e. The highest BCUT2D eigenvalue weighted by Gasteiger charge is 2.11. The van der Waals surface area contributed by atoms with Crippen LogP contribution in [0.25, 0.3) is 0 Å². The molecule has 2 heterocycles. The Morgan fingerprint density at radius 2 is 1.62 bits per heavy atom. The number of rotatable bonds is 1. The van der Waals surface area contributed by atoms with Crippen LogP contribution in [-0.2, 0) is 0 Å². The molecule has 16 heavy (non-hydrogen) atoms. The van der Waals surface area contributed by atoms with Gasteiger partial charge in [-0.3, -0.25) is 0 Å². The quantitative estimate of drug-likeness (QED) is 0.782. The Hall–Kier alpha value is -1.16. The number of hydrogen-bond donors (Lipinski definition) is 1. The smallest absolute Gasteiger partial charge is 0.225 e. The van der Waals surface area contributed by atoms with E-state index >= 15 is 0 Å². The van der Waals surface area contributed by atoms with Gasteiger partial charge in [-0.05, 0) is 12.0 Å². The van der Waals surface area contributed by atoms with Gasteiger partial charge in [0.05, 0.1) is 0 Å². The van der Waals surface area contributed by atoms with Crippen molar-refractivity contribution in [3.8, 4) is 0 Å². The highest BCUT2D eigenvalue weighted by atomic mass is 15.3. The second-order valence-corrected chi connectivity index (χ2v) is 4.52. The van der Waals surface area contributed by atoms with Crippen LogP contribution in [0.3, 0.4) is 0 Å². The van der Waals surface area contributed by atoms with E-state index in [1.165, 1.54) is 0 Å². The van der Waals surface area contributed by atoms with E-state index < -0.39 is 0 Å². The van der Waals surface area contributed by atoms with E-state index in [9.17, 15) is 0 Å². The van der Waals surface area contributed by atoms with Gasteiger partial charge in [-0.25, -0.2) is 9.97 Å². The third-order valence-electron chi connectivity index (χ3n) is 1.95. The Kier molecular flexibility index (Phi) is 5.78. The van der Waals surface area contributed by atoms with Crippen LogP contribution in [0.4, 0.5) is 5.95 Å². The fourth-order valence-electron chi connectivity index (χ4n) is 1.32. The van der Waals surface area contributed by atoms with E-state index in [-0.39, 0.29) is 0 Å². The summed E-state index contributed by atoms with van der Waals surface area (Å²) in [6.45, 7) is 10.6. The second-order valence-electron chi connectivity index (χ2n) is 4.52. The fourth-order valence-corrected chi connectivity index (χ4v) is 1.32. The molecule has 4 nitrogen and oxygen atoms in total. The third kappa shape index (κ3) is 5.07. The zero-order valence-corrected chi connectivity index (χ0v) is 10.5. The van der Waals surface area contributed by atoms with Gasteiger partial charge in [0.15, 0.2) is 0 Å². The van der Waals surface area contributed by atoms with E-state index in [0.717, 1.165) is 38.0 Å². The predicted octanol–water partition coefficient (Wildman–Crippen LogP) is 1.55. The molecule has 1 fully saturated rings. The Labute approximate surface area is 98.1 Å². The average Bonchev–Trinajstić information content (AvgIpc) is 2.31. The molecule has 1 aliphatic heterocycles. The number of nitrogens with one attached hydrogen (secondary N) is 1. The molecular formula is C12H22N4. The maximum absolute atomic E-state index is 4.19. The fraction of sp³-hybridized carbons (Fsp3) is 0.667. The normalized spacial score (nSPS) is 15.6. The maximum atomic E-state index is 4.19. The Morgan fingerprint density at radius 1 is 1.12 bits per heavy atom. The van der Waals surface area contributed by atoms with E-state index in [1.54, 1.807) is 12.4 Å². The topological polar surface area (TPSA) is 41.1 Å². The minimum absolute atomic E-state index is 0.833. The van der Waals surface area contributed by atoms with Crippen LogP contribution in [-0.4, -0.2) is 36.1 Å². The molecule has 0 unspecified atom stereocenters. The van der Waals surface area contributed by atoms with Crippen LogP contribution in [0.1, 0.15) is 20.8 Å². The zero-order chi connectivity index (χ0) is 11.8. The van der Waals surface area contributed by atoms with Gasteiger partial charge in [0.25, 0.3) is 0 Å². The van der Waals surface area contributed by atoms with E-state index in [1.807, 2.05) is 6.07 Å². The van der Waals surface area contributed by atoms with Gasteiger partial charge < -0.3 is 10.2 Å². The zero-order valence-electron chi connectivity index (χ0n) is 10.5. The van der Waals surface area contributed by atoms with E-state index in [0.29, 0.717) is 0 Å². The molecule has 0 spiro atoms. The molecule has 0 aromatic carbocycles. The first-order valence-electron chi connectivity index (χ1n) is 5.93. The van der Waals surface area contributed by atoms with Crippen molar-refractivity contribution in [2.75, 3.05) is 31.1 Å². The number of piperazine rings is 1.